The molecule has 2 aromatic carbocycles. The van der Waals surface area contributed by atoms with E-state index in [1.54, 1.807) is 13.0 Å². The van der Waals surface area contributed by atoms with Gasteiger partial charge in [-0.3, -0.25) is 0 Å². The van der Waals surface area contributed by atoms with Crippen LogP contribution in [0.2, 0.25) is 0 Å². The molecule has 0 aliphatic carbocycles. The van der Waals surface area contributed by atoms with Gasteiger partial charge in [0.05, 0.1) is 6.61 Å². The normalized spacial score (nSPS) is 10.8. The van der Waals surface area contributed by atoms with Gasteiger partial charge in [-0.05, 0) is 48.6 Å². The minimum Gasteiger partial charge on any atom is -0.463 e. The molecule has 0 atom stereocenters. The van der Waals surface area contributed by atoms with Crippen LogP contribution < -0.4 is 0 Å². The quantitative estimate of drug-likeness (QED) is 0.607. The first-order chi connectivity index (χ1) is 10.2. The molecule has 0 saturated carbocycles. The third-order valence-corrected chi connectivity index (χ3v) is 3.31. The van der Waals surface area contributed by atoms with Gasteiger partial charge in [-0.15, -0.1) is 0 Å². The van der Waals surface area contributed by atoms with Crippen LogP contribution in [0.4, 0.5) is 0 Å². The van der Waals surface area contributed by atoms with Crippen molar-refractivity contribution in [2.45, 2.75) is 20.3 Å². The maximum absolute atomic E-state index is 11.3. The molecule has 0 radical (unpaired) electrons. The first-order valence-corrected chi connectivity index (χ1v) is 7.17. The number of aryl methyl sites for hydroxylation is 1. The van der Waals surface area contributed by atoms with Gasteiger partial charge in [0.1, 0.15) is 0 Å². The van der Waals surface area contributed by atoms with Crippen LogP contribution in [0.1, 0.15) is 29.2 Å². The zero-order valence-electron chi connectivity index (χ0n) is 12.5. The first-order valence-electron chi connectivity index (χ1n) is 7.17. The second-order valence-electron chi connectivity index (χ2n) is 4.93. The van der Waals surface area contributed by atoms with Crippen molar-refractivity contribution in [3.63, 3.8) is 0 Å². The van der Waals surface area contributed by atoms with E-state index in [0.29, 0.717) is 6.61 Å². The monoisotopic (exact) mass is 280 g/mol. The van der Waals surface area contributed by atoms with Gasteiger partial charge in [-0.2, -0.15) is 0 Å². The highest BCUT2D eigenvalue weighted by molar-refractivity contribution is 5.87. The van der Waals surface area contributed by atoms with Gasteiger partial charge in [0.2, 0.25) is 0 Å². The molecule has 0 aliphatic rings. The van der Waals surface area contributed by atoms with Crippen LogP contribution >= 0.6 is 0 Å². The van der Waals surface area contributed by atoms with Gasteiger partial charge in [0.25, 0.3) is 0 Å². The lowest BCUT2D eigenvalue weighted by molar-refractivity contribution is -0.137. The fraction of sp³-hybridized carbons (Fsp3) is 0.211. The minimum absolute atomic E-state index is 0.304. The van der Waals surface area contributed by atoms with E-state index in [0.717, 1.165) is 12.0 Å². The zero-order valence-corrected chi connectivity index (χ0v) is 12.5. The lowest BCUT2D eigenvalue weighted by Crippen LogP contribution is -1.98. The second kappa shape index (κ2) is 7.44. The third-order valence-electron chi connectivity index (χ3n) is 3.31. The van der Waals surface area contributed by atoms with E-state index in [4.69, 9.17) is 4.74 Å². The molecule has 0 saturated heterocycles. The first kappa shape index (κ1) is 15.0. The molecule has 0 bridgehead atoms. The fourth-order valence-electron chi connectivity index (χ4n) is 2.19. The molecule has 2 rings (SSSR count). The van der Waals surface area contributed by atoms with Gasteiger partial charge in [0, 0.05) is 6.08 Å². The standard InChI is InChI=1S/C19H20O2/c1-3-21-19(20)12-11-16-8-6-9-17(13-16)14-18-10-5-4-7-15(18)2/h4-13H,3,14H2,1-2H3/b12-11+. The van der Waals surface area contributed by atoms with Crippen LogP contribution in [0.15, 0.2) is 54.6 Å². The minimum atomic E-state index is -0.304. The summed E-state index contributed by atoms with van der Waals surface area (Å²) >= 11 is 0. The Morgan fingerprint density at radius 1 is 1.14 bits per heavy atom. The number of carbonyl (C=O) groups is 1. The average molecular weight is 280 g/mol. The van der Waals surface area contributed by atoms with Gasteiger partial charge in [0.15, 0.2) is 0 Å². The van der Waals surface area contributed by atoms with Gasteiger partial charge >= 0.3 is 5.97 Å². The Kier molecular flexibility index (Phi) is 5.33. The van der Waals surface area contributed by atoms with E-state index in [9.17, 15) is 4.79 Å². The van der Waals surface area contributed by atoms with Crippen LogP contribution in [0.3, 0.4) is 0 Å². The van der Waals surface area contributed by atoms with Crippen LogP contribution in [0.5, 0.6) is 0 Å². The number of hydrogen-bond acceptors (Lipinski definition) is 2. The summed E-state index contributed by atoms with van der Waals surface area (Å²) in [5.41, 5.74) is 4.86. The topological polar surface area (TPSA) is 26.3 Å². The summed E-state index contributed by atoms with van der Waals surface area (Å²) in [5.74, 6) is -0.304. The lowest BCUT2D eigenvalue weighted by Gasteiger charge is -2.06. The van der Waals surface area contributed by atoms with Gasteiger partial charge < -0.3 is 4.74 Å². The summed E-state index contributed by atoms with van der Waals surface area (Å²) in [6, 6.07) is 16.6. The molecule has 0 fully saturated rings. The lowest BCUT2D eigenvalue weighted by atomic mass is 9.99. The van der Waals surface area contributed by atoms with Crippen LogP contribution in [-0.4, -0.2) is 12.6 Å². The van der Waals surface area contributed by atoms with Crippen LogP contribution in [-0.2, 0) is 16.0 Å². The molecule has 21 heavy (non-hydrogen) atoms. The van der Waals surface area contributed by atoms with E-state index in [1.807, 2.05) is 12.1 Å². The number of benzene rings is 2. The van der Waals surface area contributed by atoms with Crippen molar-refractivity contribution >= 4 is 12.0 Å². The van der Waals surface area contributed by atoms with Gasteiger partial charge in [-0.25, -0.2) is 4.79 Å². The zero-order chi connectivity index (χ0) is 15.1. The largest absolute Gasteiger partial charge is 0.463 e. The molecule has 0 aromatic heterocycles. The van der Waals surface area contributed by atoms with Crippen molar-refractivity contribution in [1.82, 2.24) is 0 Å². The highest BCUT2D eigenvalue weighted by atomic mass is 16.5. The Labute approximate surface area is 126 Å². The highest BCUT2D eigenvalue weighted by Gasteiger charge is 2.00. The summed E-state index contributed by atoms with van der Waals surface area (Å²) < 4.78 is 4.88. The Morgan fingerprint density at radius 3 is 2.71 bits per heavy atom. The fourth-order valence-corrected chi connectivity index (χ4v) is 2.19. The molecule has 0 spiro atoms. The molecule has 2 aromatic rings. The predicted octanol–water partition coefficient (Wildman–Crippen LogP) is 4.16. The van der Waals surface area contributed by atoms with Crippen molar-refractivity contribution in [2.24, 2.45) is 0 Å². The maximum atomic E-state index is 11.3. The Bertz CT molecular complexity index is 642. The van der Waals surface area contributed by atoms with Crippen LogP contribution in [0, 0.1) is 6.92 Å². The molecule has 0 heterocycles. The second-order valence-corrected chi connectivity index (χ2v) is 4.93. The maximum Gasteiger partial charge on any atom is 0.330 e. The summed E-state index contributed by atoms with van der Waals surface area (Å²) in [7, 11) is 0. The van der Waals surface area contributed by atoms with E-state index in [2.05, 4.69) is 43.3 Å². The molecule has 0 N–H and O–H groups in total. The van der Waals surface area contributed by atoms with Crippen molar-refractivity contribution in [3.8, 4) is 0 Å². The van der Waals surface area contributed by atoms with Crippen molar-refractivity contribution in [3.05, 3.63) is 76.9 Å². The van der Waals surface area contributed by atoms with Crippen molar-refractivity contribution < 1.29 is 9.53 Å². The Balaban J connectivity index is 2.11. The smallest absolute Gasteiger partial charge is 0.330 e. The van der Waals surface area contributed by atoms with Crippen LogP contribution in [0.25, 0.3) is 6.08 Å². The van der Waals surface area contributed by atoms with E-state index >= 15 is 0 Å². The number of carbonyl (C=O) groups excluding carboxylic acids is 1. The average Bonchev–Trinajstić information content (AvgIpc) is 2.48. The highest BCUT2D eigenvalue weighted by Crippen LogP contribution is 2.15. The molecule has 0 aliphatic heterocycles. The predicted molar refractivity (Wildman–Crippen MR) is 86.1 cm³/mol. The molecule has 108 valence electrons. The number of hydrogen-bond donors (Lipinski definition) is 0. The van der Waals surface area contributed by atoms with E-state index in [1.165, 1.54) is 22.8 Å². The summed E-state index contributed by atoms with van der Waals surface area (Å²) in [6.45, 7) is 4.32. The van der Waals surface area contributed by atoms with Crippen molar-refractivity contribution in [1.29, 1.82) is 0 Å². The number of esters is 1. The third kappa shape index (κ3) is 4.60. The summed E-state index contributed by atoms with van der Waals surface area (Å²) in [6.07, 6.45) is 4.16. The summed E-state index contributed by atoms with van der Waals surface area (Å²) in [5, 5.41) is 0. The SMILES string of the molecule is CCOC(=O)/C=C/c1cccc(Cc2ccccc2C)c1. The van der Waals surface area contributed by atoms with Gasteiger partial charge in [-0.1, -0.05) is 48.5 Å². The van der Waals surface area contributed by atoms with Crippen molar-refractivity contribution in [2.75, 3.05) is 6.61 Å². The van der Waals surface area contributed by atoms with E-state index in [-0.39, 0.29) is 5.97 Å². The molecular weight excluding hydrogens is 260 g/mol. The molecule has 2 nitrogen and oxygen atoms in total. The number of ether oxygens (including phenoxy) is 1. The Morgan fingerprint density at radius 2 is 1.95 bits per heavy atom. The molecule has 0 amide bonds. The Hall–Kier alpha value is -2.35. The number of rotatable bonds is 5. The molecular formula is C19H20O2. The van der Waals surface area contributed by atoms with E-state index < -0.39 is 0 Å². The molecule has 2 heteroatoms. The molecule has 0 unspecified atom stereocenters. The summed E-state index contributed by atoms with van der Waals surface area (Å²) in [4.78, 5) is 11.3.